The van der Waals surface area contributed by atoms with Crippen LogP contribution in [-0.4, -0.2) is 28.6 Å². The first-order chi connectivity index (χ1) is 16.1. The lowest BCUT2D eigenvalue weighted by Gasteiger charge is -2.09. The minimum absolute atomic E-state index is 0.111. The van der Waals surface area contributed by atoms with E-state index in [1.165, 1.54) is 17.8 Å². The summed E-state index contributed by atoms with van der Waals surface area (Å²) in [4.78, 5) is 27.9. The molecule has 0 fully saturated rings. The van der Waals surface area contributed by atoms with Gasteiger partial charge < -0.3 is 15.2 Å². The Hall–Kier alpha value is -4.45. The minimum Gasteiger partial charge on any atom is -0.493 e. The van der Waals surface area contributed by atoms with Gasteiger partial charge in [0, 0.05) is 29.4 Å². The maximum absolute atomic E-state index is 12.7. The highest BCUT2D eigenvalue weighted by Gasteiger charge is 2.10. The van der Waals surface area contributed by atoms with Crippen molar-refractivity contribution in [2.75, 3.05) is 11.9 Å². The molecule has 4 aromatic rings. The lowest BCUT2D eigenvalue weighted by molar-refractivity contribution is 0.0696. The van der Waals surface area contributed by atoms with Gasteiger partial charge in [-0.2, -0.15) is 0 Å². The van der Waals surface area contributed by atoms with Crippen molar-refractivity contribution in [3.63, 3.8) is 0 Å². The van der Waals surface area contributed by atoms with Crippen molar-refractivity contribution < 1.29 is 19.4 Å². The molecule has 0 unspecified atom stereocenters. The van der Waals surface area contributed by atoms with Crippen LogP contribution < -0.4 is 10.1 Å². The van der Waals surface area contributed by atoms with Gasteiger partial charge in [0.05, 0.1) is 17.9 Å². The number of hydrogen-bond acceptors (Lipinski definition) is 4. The zero-order chi connectivity index (χ0) is 23.0. The number of pyridine rings is 1. The highest BCUT2D eigenvalue weighted by molar-refractivity contribution is 6.05. The van der Waals surface area contributed by atoms with Gasteiger partial charge >= 0.3 is 5.97 Å². The largest absolute Gasteiger partial charge is 0.493 e. The molecule has 4 rings (SSSR count). The van der Waals surface area contributed by atoms with Crippen LogP contribution in [0.2, 0.25) is 0 Å². The average molecular weight is 438 g/mol. The van der Waals surface area contributed by atoms with Gasteiger partial charge in [-0.15, -0.1) is 0 Å². The fourth-order valence-corrected chi connectivity index (χ4v) is 3.28. The molecule has 2 N–H and O–H groups in total. The lowest BCUT2D eigenvalue weighted by atomic mass is 10.1. The zero-order valence-corrected chi connectivity index (χ0v) is 17.8. The van der Waals surface area contributed by atoms with E-state index in [4.69, 9.17) is 9.84 Å². The molecule has 3 aromatic carbocycles. The summed E-state index contributed by atoms with van der Waals surface area (Å²) >= 11 is 0. The lowest BCUT2D eigenvalue weighted by Crippen LogP contribution is -2.12. The molecule has 0 aliphatic rings. The van der Waals surface area contributed by atoms with Crippen LogP contribution in [0.3, 0.4) is 0 Å². The Kier molecular flexibility index (Phi) is 6.75. The Morgan fingerprint density at radius 2 is 1.64 bits per heavy atom. The normalized spacial score (nSPS) is 10.4. The Morgan fingerprint density at radius 1 is 0.848 bits per heavy atom. The molecule has 0 bridgehead atoms. The summed E-state index contributed by atoms with van der Waals surface area (Å²) in [5.41, 5.74) is 3.77. The SMILES string of the molecule is O=C(O)c1ccc(-c2cccc(C(=O)Nc3ccc(OCCc4ccccc4)cc3)c2)nc1. The Labute approximate surface area is 191 Å². The van der Waals surface area contributed by atoms with E-state index in [0.29, 0.717) is 23.6 Å². The first kappa shape index (κ1) is 21.8. The number of rotatable bonds is 8. The molecule has 1 amide bonds. The topological polar surface area (TPSA) is 88.5 Å². The number of carbonyl (C=O) groups is 2. The Bertz CT molecular complexity index is 1240. The molecule has 33 heavy (non-hydrogen) atoms. The van der Waals surface area contributed by atoms with Crippen LogP contribution >= 0.6 is 0 Å². The summed E-state index contributed by atoms with van der Waals surface area (Å²) in [5, 5.41) is 11.9. The van der Waals surface area contributed by atoms with Gasteiger partial charge in [-0.3, -0.25) is 9.78 Å². The standard InChI is InChI=1S/C27H22N2O4/c30-26(21-8-4-7-20(17-21)25-14-9-22(18-28-25)27(31)32)29-23-10-12-24(13-11-23)33-16-15-19-5-2-1-3-6-19/h1-14,17-18H,15-16H2,(H,29,30)(H,31,32). The number of carbonyl (C=O) groups excluding carboxylic acids is 1. The maximum atomic E-state index is 12.7. The predicted molar refractivity (Wildman–Crippen MR) is 127 cm³/mol. The number of ether oxygens (including phenoxy) is 1. The third-order valence-corrected chi connectivity index (χ3v) is 5.05. The number of aromatic carboxylic acids is 1. The molecule has 0 aliphatic heterocycles. The first-order valence-corrected chi connectivity index (χ1v) is 10.5. The van der Waals surface area contributed by atoms with Crippen LogP contribution in [-0.2, 0) is 6.42 Å². The van der Waals surface area contributed by atoms with Gasteiger partial charge in [-0.1, -0.05) is 42.5 Å². The highest BCUT2D eigenvalue weighted by atomic mass is 16.5. The summed E-state index contributed by atoms with van der Waals surface area (Å²) in [7, 11) is 0. The number of nitrogens with one attached hydrogen (secondary N) is 1. The van der Waals surface area contributed by atoms with Crippen LogP contribution in [0.1, 0.15) is 26.3 Å². The first-order valence-electron chi connectivity index (χ1n) is 10.5. The highest BCUT2D eigenvalue weighted by Crippen LogP contribution is 2.21. The van der Waals surface area contributed by atoms with E-state index in [0.717, 1.165) is 17.7 Å². The second-order valence-corrected chi connectivity index (χ2v) is 7.38. The van der Waals surface area contributed by atoms with Crippen LogP contribution in [0.25, 0.3) is 11.3 Å². The van der Waals surface area contributed by atoms with Gasteiger partial charge in [-0.25, -0.2) is 4.79 Å². The molecule has 0 saturated heterocycles. The van der Waals surface area contributed by atoms with E-state index in [1.807, 2.05) is 36.4 Å². The second kappa shape index (κ2) is 10.2. The van der Waals surface area contributed by atoms with Gasteiger partial charge in [-0.05, 0) is 54.1 Å². The third kappa shape index (κ3) is 5.83. The quantitative estimate of drug-likeness (QED) is 0.389. The monoisotopic (exact) mass is 438 g/mol. The van der Waals surface area contributed by atoms with Crippen LogP contribution in [0.4, 0.5) is 5.69 Å². The third-order valence-electron chi connectivity index (χ3n) is 5.05. The van der Waals surface area contributed by atoms with E-state index < -0.39 is 5.97 Å². The Morgan fingerprint density at radius 3 is 2.33 bits per heavy atom. The molecule has 164 valence electrons. The molecular weight excluding hydrogens is 416 g/mol. The molecular formula is C27H22N2O4. The van der Waals surface area contributed by atoms with E-state index in [9.17, 15) is 9.59 Å². The summed E-state index contributed by atoms with van der Waals surface area (Å²) in [6.45, 7) is 0.573. The molecule has 0 spiro atoms. The van der Waals surface area contributed by atoms with Crippen molar-refractivity contribution in [3.8, 4) is 17.0 Å². The molecule has 6 nitrogen and oxygen atoms in total. The van der Waals surface area contributed by atoms with Crippen molar-refractivity contribution in [3.05, 3.63) is 114 Å². The molecule has 0 aliphatic carbocycles. The number of anilines is 1. The maximum Gasteiger partial charge on any atom is 0.337 e. The van der Waals surface area contributed by atoms with Gasteiger partial charge in [0.1, 0.15) is 5.75 Å². The summed E-state index contributed by atoms with van der Waals surface area (Å²) in [6.07, 6.45) is 2.12. The molecule has 6 heteroatoms. The predicted octanol–water partition coefficient (Wildman–Crippen LogP) is 5.32. The zero-order valence-electron chi connectivity index (χ0n) is 17.8. The van der Waals surface area contributed by atoms with Crippen molar-refractivity contribution in [1.29, 1.82) is 0 Å². The molecule has 0 atom stereocenters. The smallest absolute Gasteiger partial charge is 0.337 e. The van der Waals surface area contributed by atoms with Crippen molar-refractivity contribution in [1.82, 2.24) is 4.98 Å². The van der Waals surface area contributed by atoms with Crippen molar-refractivity contribution >= 4 is 17.6 Å². The fourth-order valence-electron chi connectivity index (χ4n) is 3.28. The summed E-state index contributed by atoms with van der Waals surface area (Å²) in [6, 6.07) is 27.5. The molecule has 0 saturated carbocycles. The number of hydrogen-bond donors (Lipinski definition) is 2. The number of aromatic nitrogens is 1. The molecule has 1 heterocycles. The summed E-state index contributed by atoms with van der Waals surface area (Å²) in [5.74, 6) is -0.548. The summed E-state index contributed by atoms with van der Waals surface area (Å²) < 4.78 is 5.79. The number of carboxylic acid groups (broad SMARTS) is 1. The number of nitrogens with zero attached hydrogens (tertiary/aromatic N) is 1. The molecule has 0 radical (unpaired) electrons. The van der Waals surface area contributed by atoms with Crippen molar-refractivity contribution in [2.24, 2.45) is 0 Å². The van der Waals surface area contributed by atoms with E-state index in [2.05, 4.69) is 22.4 Å². The van der Waals surface area contributed by atoms with Crippen LogP contribution in [0, 0.1) is 0 Å². The van der Waals surface area contributed by atoms with Gasteiger partial charge in [0.2, 0.25) is 0 Å². The fraction of sp³-hybridized carbons (Fsp3) is 0.0741. The van der Waals surface area contributed by atoms with E-state index >= 15 is 0 Å². The van der Waals surface area contributed by atoms with Crippen LogP contribution in [0.15, 0.2) is 97.2 Å². The Balaban J connectivity index is 1.36. The second-order valence-electron chi connectivity index (χ2n) is 7.38. The van der Waals surface area contributed by atoms with Gasteiger partial charge in [0.25, 0.3) is 5.91 Å². The van der Waals surface area contributed by atoms with Crippen LogP contribution in [0.5, 0.6) is 5.75 Å². The molecule has 1 aromatic heterocycles. The van der Waals surface area contributed by atoms with E-state index in [1.54, 1.807) is 36.4 Å². The number of carboxylic acids is 1. The van der Waals surface area contributed by atoms with E-state index in [-0.39, 0.29) is 11.5 Å². The minimum atomic E-state index is -1.03. The number of amides is 1. The van der Waals surface area contributed by atoms with Gasteiger partial charge in [0.15, 0.2) is 0 Å². The average Bonchev–Trinajstić information content (AvgIpc) is 2.86. The van der Waals surface area contributed by atoms with Crippen molar-refractivity contribution in [2.45, 2.75) is 6.42 Å². The number of benzene rings is 3.